The lowest BCUT2D eigenvalue weighted by atomic mass is 10.1. The van der Waals surface area contributed by atoms with Gasteiger partial charge in [0.1, 0.15) is 0 Å². The third kappa shape index (κ3) is 3.82. The molecule has 1 aromatic carbocycles. The first-order valence-corrected chi connectivity index (χ1v) is 8.22. The Morgan fingerprint density at radius 2 is 2.04 bits per heavy atom. The van der Waals surface area contributed by atoms with E-state index < -0.39 is 5.97 Å². The van der Waals surface area contributed by atoms with Crippen LogP contribution < -0.4 is 0 Å². The van der Waals surface area contributed by atoms with E-state index in [9.17, 15) is 4.79 Å². The summed E-state index contributed by atoms with van der Waals surface area (Å²) in [5, 5.41) is 8.97. The van der Waals surface area contributed by atoms with E-state index in [0.717, 1.165) is 42.9 Å². The van der Waals surface area contributed by atoms with E-state index in [1.54, 1.807) is 0 Å². The number of aromatic nitrogens is 1. The molecule has 0 saturated carbocycles. The average Bonchev–Trinajstić information content (AvgIpc) is 3.17. The van der Waals surface area contributed by atoms with Crippen LogP contribution in [0, 0.1) is 6.92 Å². The van der Waals surface area contributed by atoms with Crippen molar-refractivity contribution in [3.8, 4) is 11.3 Å². The molecule has 1 aromatic heterocycles. The molecule has 2 heterocycles. The Morgan fingerprint density at radius 3 is 2.70 bits per heavy atom. The highest BCUT2D eigenvalue weighted by Gasteiger charge is 2.19. The molecule has 1 fully saturated rings. The topological polar surface area (TPSA) is 51.5 Å². The molecule has 1 atom stereocenters. The highest BCUT2D eigenvalue weighted by Crippen LogP contribution is 2.26. The van der Waals surface area contributed by atoms with Crippen LogP contribution in [0.25, 0.3) is 11.3 Å². The molecule has 4 nitrogen and oxygen atoms in total. The van der Waals surface area contributed by atoms with Crippen molar-refractivity contribution in [2.75, 3.05) is 6.61 Å². The van der Waals surface area contributed by atoms with Crippen molar-refractivity contribution in [1.29, 1.82) is 0 Å². The summed E-state index contributed by atoms with van der Waals surface area (Å²) in [6.07, 6.45) is 3.12. The van der Waals surface area contributed by atoms with E-state index >= 15 is 0 Å². The number of rotatable bonds is 6. The van der Waals surface area contributed by atoms with Crippen molar-refractivity contribution < 1.29 is 14.6 Å². The van der Waals surface area contributed by atoms with Crippen LogP contribution in [-0.2, 0) is 22.5 Å². The van der Waals surface area contributed by atoms with E-state index in [4.69, 9.17) is 9.84 Å². The van der Waals surface area contributed by atoms with E-state index in [1.807, 2.05) is 6.07 Å². The van der Waals surface area contributed by atoms with Gasteiger partial charge in [-0.3, -0.25) is 4.79 Å². The van der Waals surface area contributed by atoms with Gasteiger partial charge in [-0.1, -0.05) is 29.8 Å². The van der Waals surface area contributed by atoms with E-state index in [1.165, 1.54) is 5.56 Å². The predicted octanol–water partition coefficient (Wildman–Crippen LogP) is 3.66. The van der Waals surface area contributed by atoms with Crippen molar-refractivity contribution in [1.82, 2.24) is 4.57 Å². The molecular weight excluding hydrogens is 290 g/mol. The lowest BCUT2D eigenvalue weighted by Gasteiger charge is -2.17. The van der Waals surface area contributed by atoms with Crippen LogP contribution in [0.4, 0.5) is 0 Å². The smallest absolute Gasteiger partial charge is 0.303 e. The number of carboxylic acid groups (broad SMARTS) is 1. The first-order valence-electron chi connectivity index (χ1n) is 8.22. The van der Waals surface area contributed by atoms with Crippen LogP contribution in [0.2, 0.25) is 0 Å². The first-order chi connectivity index (χ1) is 11.1. The standard InChI is InChI=1S/C19H23NO3/c1-14-4-6-15(7-5-14)18-10-8-16(9-11-19(21)22)20(18)13-17-3-2-12-23-17/h4-8,10,17H,2-3,9,11-13H2,1H3,(H,21,22)/t17-/m0/s1. The number of carbonyl (C=O) groups is 1. The van der Waals surface area contributed by atoms with E-state index in [2.05, 4.69) is 41.8 Å². The molecule has 0 aliphatic carbocycles. The molecule has 3 rings (SSSR count). The molecule has 1 aliphatic rings. The van der Waals surface area contributed by atoms with Crippen molar-refractivity contribution >= 4 is 5.97 Å². The molecule has 1 aliphatic heterocycles. The van der Waals surface area contributed by atoms with Gasteiger partial charge >= 0.3 is 5.97 Å². The fourth-order valence-corrected chi connectivity index (χ4v) is 3.15. The van der Waals surface area contributed by atoms with Crippen molar-refractivity contribution in [3.05, 3.63) is 47.7 Å². The van der Waals surface area contributed by atoms with Gasteiger partial charge in [0.2, 0.25) is 0 Å². The zero-order valence-corrected chi connectivity index (χ0v) is 13.5. The van der Waals surface area contributed by atoms with Crippen LogP contribution >= 0.6 is 0 Å². The highest BCUT2D eigenvalue weighted by atomic mass is 16.5. The van der Waals surface area contributed by atoms with Crippen LogP contribution in [0.5, 0.6) is 0 Å². The fraction of sp³-hybridized carbons (Fsp3) is 0.421. The summed E-state index contributed by atoms with van der Waals surface area (Å²) in [4.78, 5) is 10.9. The largest absolute Gasteiger partial charge is 0.481 e. The second-order valence-electron chi connectivity index (χ2n) is 6.22. The minimum Gasteiger partial charge on any atom is -0.481 e. The molecule has 0 amide bonds. The molecule has 1 saturated heterocycles. The Bertz CT molecular complexity index is 666. The quantitative estimate of drug-likeness (QED) is 0.885. The number of carboxylic acids is 1. The first kappa shape index (κ1) is 15.8. The van der Waals surface area contributed by atoms with Gasteiger partial charge < -0.3 is 14.4 Å². The molecule has 23 heavy (non-hydrogen) atoms. The summed E-state index contributed by atoms with van der Waals surface area (Å²) < 4.78 is 8.02. The summed E-state index contributed by atoms with van der Waals surface area (Å²) in [5.41, 5.74) is 4.60. The van der Waals surface area contributed by atoms with Gasteiger partial charge in [0.05, 0.1) is 12.5 Å². The zero-order valence-electron chi connectivity index (χ0n) is 13.5. The van der Waals surface area contributed by atoms with Gasteiger partial charge in [-0.2, -0.15) is 0 Å². The number of aryl methyl sites for hydroxylation is 2. The van der Waals surface area contributed by atoms with Crippen LogP contribution in [0.3, 0.4) is 0 Å². The third-order valence-corrected chi connectivity index (χ3v) is 4.42. The van der Waals surface area contributed by atoms with Gasteiger partial charge in [-0.25, -0.2) is 0 Å². The average molecular weight is 313 g/mol. The number of benzene rings is 1. The van der Waals surface area contributed by atoms with Gasteiger partial charge in [0.15, 0.2) is 0 Å². The minimum absolute atomic E-state index is 0.156. The summed E-state index contributed by atoms with van der Waals surface area (Å²) >= 11 is 0. The molecule has 1 N–H and O–H groups in total. The third-order valence-electron chi connectivity index (χ3n) is 4.42. The Balaban J connectivity index is 1.90. The van der Waals surface area contributed by atoms with Crippen LogP contribution in [0.1, 0.15) is 30.5 Å². The zero-order chi connectivity index (χ0) is 16.2. The summed E-state index contributed by atoms with van der Waals surface area (Å²) in [6.45, 7) is 3.70. The van der Waals surface area contributed by atoms with Crippen LogP contribution in [0.15, 0.2) is 36.4 Å². The number of hydrogen-bond donors (Lipinski definition) is 1. The molecule has 0 spiro atoms. The molecule has 0 unspecified atom stereocenters. The predicted molar refractivity (Wildman–Crippen MR) is 89.5 cm³/mol. The number of nitrogens with zero attached hydrogens (tertiary/aromatic N) is 1. The number of ether oxygens (including phenoxy) is 1. The highest BCUT2D eigenvalue weighted by molar-refractivity contribution is 5.67. The second kappa shape index (κ2) is 7.01. The van der Waals surface area contributed by atoms with Crippen molar-refractivity contribution in [2.24, 2.45) is 0 Å². The molecular formula is C19H23NO3. The summed E-state index contributed by atoms with van der Waals surface area (Å²) in [6, 6.07) is 12.6. The van der Waals surface area contributed by atoms with Crippen LogP contribution in [-0.4, -0.2) is 28.4 Å². The monoisotopic (exact) mass is 313 g/mol. The van der Waals surface area contributed by atoms with Gasteiger partial charge in [0, 0.05) is 24.5 Å². The molecule has 122 valence electrons. The lowest BCUT2D eigenvalue weighted by Crippen LogP contribution is -2.18. The summed E-state index contributed by atoms with van der Waals surface area (Å²) in [5.74, 6) is -0.758. The van der Waals surface area contributed by atoms with Gasteiger partial charge in [0.25, 0.3) is 0 Å². The normalized spacial score (nSPS) is 17.5. The Kier molecular flexibility index (Phi) is 4.82. The maximum Gasteiger partial charge on any atom is 0.303 e. The second-order valence-corrected chi connectivity index (χ2v) is 6.22. The fourth-order valence-electron chi connectivity index (χ4n) is 3.15. The maximum atomic E-state index is 10.9. The van der Waals surface area contributed by atoms with Gasteiger partial charge in [-0.05, 0) is 43.9 Å². The van der Waals surface area contributed by atoms with Crippen molar-refractivity contribution in [2.45, 2.75) is 45.3 Å². The van der Waals surface area contributed by atoms with Gasteiger partial charge in [-0.15, -0.1) is 0 Å². The molecule has 2 aromatic rings. The Morgan fingerprint density at radius 1 is 1.26 bits per heavy atom. The maximum absolute atomic E-state index is 10.9. The lowest BCUT2D eigenvalue weighted by molar-refractivity contribution is -0.136. The number of hydrogen-bond acceptors (Lipinski definition) is 2. The Hall–Kier alpha value is -2.07. The molecule has 4 heteroatoms. The summed E-state index contributed by atoms with van der Waals surface area (Å²) in [7, 11) is 0. The SMILES string of the molecule is Cc1ccc(-c2ccc(CCC(=O)O)n2C[C@@H]2CCCO2)cc1. The minimum atomic E-state index is -0.758. The van der Waals surface area contributed by atoms with Crippen molar-refractivity contribution in [3.63, 3.8) is 0 Å². The van der Waals surface area contributed by atoms with E-state index in [0.29, 0.717) is 6.42 Å². The molecule has 0 bridgehead atoms. The number of aliphatic carboxylic acids is 1. The van der Waals surface area contributed by atoms with E-state index in [-0.39, 0.29) is 12.5 Å². The Labute approximate surface area is 136 Å². The molecule has 0 radical (unpaired) electrons.